The highest BCUT2D eigenvalue weighted by Crippen LogP contribution is 2.16. The third-order valence-corrected chi connectivity index (χ3v) is 2.07. The fourth-order valence-electron chi connectivity index (χ4n) is 1.30. The van der Waals surface area contributed by atoms with Crippen molar-refractivity contribution in [2.45, 2.75) is 0 Å². The van der Waals surface area contributed by atoms with Crippen molar-refractivity contribution >= 4 is 5.78 Å². The summed E-state index contributed by atoms with van der Waals surface area (Å²) in [7, 11) is 0. The molecule has 0 atom stereocenters. The van der Waals surface area contributed by atoms with Gasteiger partial charge >= 0.3 is 0 Å². The Bertz CT molecular complexity index is 485. The quantitative estimate of drug-likeness (QED) is 0.608. The van der Waals surface area contributed by atoms with Gasteiger partial charge in [-0.15, -0.1) is 0 Å². The SMILES string of the molecule is C=CC(=O)c1nc(-c2ccccc2)c[nH]1. The monoisotopic (exact) mass is 198 g/mol. The first-order valence-corrected chi connectivity index (χ1v) is 4.59. The van der Waals surface area contributed by atoms with E-state index in [0.717, 1.165) is 11.3 Å². The summed E-state index contributed by atoms with van der Waals surface area (Å²) >= 11 is 0. The molecule has 0 aliphatic heterocycles. The molecule has 1 aromatic heterocycles. The fourth-order valence-corrected chi connectivity index (χ4v) is 1.30. The lowest BCUT2D eigenvalue weighted by atomic mass is 10.2. The molecule has 74 valence electrons. The molecular weight excluding hydrogens is 188 g/mol. The molecule has 15 heavy (non-hydrogen) atoms. The van der Waals surface area contributed by atoms with Crippen molar-refractivity contribution in [2.75, 3.05) is 0 Å². The Hall–Kier alpha value is -2.16. The van der Waals surface area contributed by atoms with Crippen molar-refractivity contribution in [1.29, 1.82) is 0 Å². The van der Waals surface area contributed by atoms with Gasteiger partial charge in [0, 0.05) is 11.8 Å². The minimum Gasteiger partial charge on any atom is -0.341 e. The summed E-state index contributed by atoms with van der Waals surface area (Å²) in [4.78, 5) is 18.2. The third-order valence-electron chi connectivity index (χ3n) is 2.07. The number of rotatable bonds is 3. The number of ketones is 1. The number of nitrogens with zero attached hydrogens (tertiary/aromatic N) is 1. The molecule has 2 rings (SSSR count). The van der Waals surface area contributed by atoms with E-state index in [1.54, 1.807) is 6.20 Å². The van der Waals surface area contributed by atoms with Crippen LogP contribution in [0.5, 0.6) is 0 Å². The van der Waals surface area contributed by atoms with Gasteiger partial charge in [0.15, 0.2) is 5.82 Å². The molecule has 0 fully saturated rings. The number of allylic oxidation sites excluding steroid dienone is 1. The largest absolute Gasteiger partial charge is 0.341 e. The lowest BCUT2D eigenvalue weighted by Crippen LogP contribution is -1.95. The molecule has 3 nitrogen and oxygen atoms in total. The van der Waals surface area contributed by atoms with E-state index < -0.39 is 0 Å². The molecule has 0 bridgehead atoms. The van der Waals surface area contributed by atoms with Gasteiger partial charge in [-0.25, -0.2) is 4.98 Å². The molecule has 3 heteroatoms. The molecule has 1 N–H and O–H groups in total. The van der Waals surface area contributed by atoms with Crippen molar-refractivity contribution in [1.82, 2.24) is 9.97 Å². The van der Waals surface area contributed by atoms with Crippen LogP contribution < -0.4 is 0 Å². The van der Waals surface area contributed by atoms with Crippen LogP contribution >= 0.6 is 0 Å². The van der Waals surface area contributed by atoms with Gasteiger partial charge in [0.2, 0.25) is 5.78 Å². The predicted molar refractivity (Wildman–Crippen MR) is 58.6 cm³/mol. The number of hydrogen-bond acceptors (Lipinski definition) is 2. The number of hydrogen-bond donors (Lipinski definition) is 1. The predicted octanol–water partition coefficient (Wildman–Crippen LogP) is 2.45. The molecule has 0 saturated heterocycles. The van der Waals surface area contributed by atoms with E-state index >= 15 is 0 Å². The number of benzene rings is 1. The fraction of sp³-hybridized carbons (Fsp3) is 0. The van der Waals surface area contributed by atoms with E-state index in [4.69, 9.17) is 0 Å². The van der Waals surface area contributed by atoms with Crippen LogP contribution in [0.25, 0.3) is 11.3 Å². The molecule has 0 amide bonds. The molecular formula is C12H10N2O. The molecule has 0 spiro atoms. The first kappa shape index (κ1) is 9.40. The van der Waals surface area contributed by atoms with Crippen LogP contribution in [-0.4, -0.2) is 15.8 Å². The summed E-state index contributed by atoms with van der Waals surface area (Å²) in [5.41, 5.74) is 1.75. The normalized spacial score (nSPS) is 9.87. The van der Waals surface area contributed by atoms with Crippen LogP contribution in [0.2, 0.25) is 0 Å². The zero-order valence-electron chi connectivity index (χ0n) is 8.10. The standard InChI is InChI=1S/C12H10N2O/c1-2-11(15)12-13-8-10(14-12)9-6-4-3-5-7-9/h2-8H,1H2,(H,13,14). The van der Waals surface area contributed by atoms with E-state index in [1.807, 2.05) is 30.3 Å². The molecule has 1 heterocycles. The van der Waals surface area contributed by atoms with Gasteiger partial charge in [0.05, 0.1) is 5.69 Å². The number of carbonyl (C=O) groups excluding carboxylic acids is 1. The second-order valence-corrected chi connectivity index (χ2v) is 3.07. The molecule has 2 aromatic rings. The van der Waals surface area contributed by atoms with Crippen LogP contribution in [-0.2, 0) is 0 Å². The second-order valence-electron chi connectivity index (χ2n) is 3.07. The van der Waals surface area contributed by atoms with Crippen LogP contribution in [0, 0.1) is 0 Å². The minimum absolute atomic E-state index is 0.197. The number of aromatic amines is 1. The summed E-state index contributed by atoms with van der Waals surface area (Å²) in [6.45, 7) is 3.41. The zero-order chi connectivity index (χ0) is 10.7. The molecule has 0 radical (unpaired) electrons. The Kier molecular flexibility index (Phi) is 2.46. The maximum absolute atomic E-state index is 11.2. The number of imidazole rings is 1. The first-order chi connectivity index (χ1) is 7.31. The lowest BCUT2D eigenvalue weighted by molar-refractivity contribution is 0.103. The van der Waals surface area contributed by atoms with Crippen molar-refractivity contribution in [3.8, 4) is 11.3 Å². The number of aromatic nitrogens is 2. The molecule has 0 aliphatic carbocycles. The maximum Gasteiger partial charge on any atom is 0.220 e. The van der Waals surface area contributed by atoms with E-state index in [9.17, 15) is 4.79 Å². The summed E-state index contributed by atoms with van der Waals surface area (Å²) in [6.07, 6.45) is 2.96. The van der Waals surface area contributed by atoms with Gasteiger partial charge in [-0.1, -0.05) is 36.9 Å². The number of carbonyl (C=O) groups is 1. The molecule has 1 aromatic carbocycles. The number of nitrogens with one attached hydrogen (secondary N) is 1. The smallest absolute Gasteiger partial charge is 0.220 e. The Labute approximate surface area is 87.5 Å². The minimum atomic E-state index is -0.197. The lowest BCUT2D eigenvalue weighted by Gasteiger charge is -1.93. The first-order valence-electron chi connectivity index (χ1n) is 4.59. The van der Waals surface area contributed by atoms with E-state index in [-0.39, 0.29) is 5.78 Å². The van der Waals surface area contributed by atoms with Crippen molar-refractivity contribution in [3.63, 3.8) is 0 Å². The van der Waals surface area contributed by atoms with Gasteiger partial charge < -0.3 is 4.98 Å². The Balaban J connectivity index is 2.36. The summed E-state index contributed by atoms with van der Waals surface area (Å²) in [5.74, 6) is 0.126. The number of H-pyrrole nitrogens is 1. The van der Waals surface area contributed by atoms with Crippen molar-refractivity contribution in [2.24, 2.45) is 0 Å². The topological polar surface area (TPSA) is 45.8 Å². The second kappa shape index (κ2) is 3.92. The summed E-state index contributed by atoms with van der Waals surface area (Å²) in [5, 5.41) is 0. The van der Waals surface area contributed by atoms with Crippen LogP contribution in [0.15, 0.2) is 49.2 Å². The highest BCUT2D eigenvalue weighted by Gasteiger charge is 2.07. The molecule has 0 unspecified atom stereocenters. The van der Waals surface area contributed by atoms with Gasteiger partial charge in [0.25, 0.3) is 0 Å². The Morgan fingerprint density at radius 3 is 2.73 bits per heavy atom. The third kappa shape index (κ3) is 1.86. The highest BCUT2D eigenvalue weighted by molar-refractivity contribution is 6.01. The van der Waals surface area contributed by atoms with Crippen LogP contribution in [0.4, 0.5) is 0 Å². The highest BCUT2D eigenvalue weighted by atomic mass is 16.1. The Morgan fingerprint density at radius 2 is 2.07 bits per heavy atom. The van der Waals surface area contributed by atoms with Crippen molar-refractivity contribution < 1.29 is 4.79 Å². The van der Waals surface area contributed by atoms with E-state index in [2.05, 4.69) is 16.5 Å². The van der Waals surface area contributed by atoms with Gasteiger partial charge in [-0.05, 0) is 6.08 Å². The molecule has 0 saturated carbocycles. The summed E-state index contributed by atoms with van der Waals surface area (Å²) < 4.78 is 0. The van der Waals surface area contributed by atoms with Gasteiger partial charge in [0.1, 0.15) is 0 Å². The van der Waals surface area contributed by atoms with Crippen LogP contribution in [0.3, 0.4) is 0 Å². The zero-order valence-corrected chi connectivity index (χ0v) is 8.10. The maximum atomic E-state index is 11.2. The van der Waals surface area contributed by atoms with E-state index in [1.165, 1.54) is 6.08 Å². The van der Waals surface area contributed by atoms with Gasteiger partial charge in [-0.3, -0.25) is 4.79 Å². The average Bonchev–Trinajstić information content (AvgIpc) is 2.78. The molecule has 0 aliphatic rings. The Morgan fingerprint density at radius 1 is 1.33 bits per heavy atom. The van der Waals surface area contributed by atoms with Gasteiger partial charge in [-0.2, -0.15) is 0 Å². The average molecular weight is 198 g/mol. The summed E-state index contributed by atoms with van der Waals surface area (Å²) in [6, 6.07) is 9.68. The van der Waals surface area contributed by atoms with E-state index in [0.29, 0.717) is 5.82 Å². The van der Waals surface area contributed by atoms with Crippen LogP contribution in [0.1, 0.15) is 10.6 Å². The van der Waals surface area contributed by atoms with Crippen molar-refractivity contribution in [3.05, 3.63) is 55.0 Å².